The summed E-state index contributed by atoms with van der Waals surface area (Å²) in [6.07, 6.45) is 4.04. The highest BCUT2D eigenvalue weighted by atomic mass is 16.5. The smallest absolute Gasteiger partial charge is 0.265 e. The molecular weight excluding hydrogens is 298 g/mol. The van der Waals surface area contributed by atoms with E-state index in [0.29, 0.717) is 0 Å². The summed E-state index contributed by atoms with van der Waals surface area (Å²) in [4.78, 5) is 12.4. The van der Waals surface area contributed by atoms with Crippen molar-refractivity contribution in [1.29, 1.82) is 0 Å². The van der Waals surface area contributed by atoms with E-state index in [1.54, 1.807) is 6.92 Å². The van der Waals surface area contributed by atoms with Crippen LogP contribution in [0.4, 0.5) is 5.69 Å². The fraction of sp³-hybridized carbons (Fsp3) is 0.381. The van der Waals surface area contributed by atoms with Crippen LogP contribution in [0.2, 0.25) is 0 Å². The zero-order valence-corrected chi connectivity index (χ0v) is 14.7. The molecule has 2 aromatic carbocycles. The van der Waals surface area contributed by atoms with Crippen LogP contribution in [0.25, 0.3) is 0 Å². The van der Waals surface area contributed by atoms with Crippen LogP contribution in [-0.4, -0.2) is 12.0 Å². The molecule has 0 saturated carbocycles. The van der Waals surface area contributed by atoms with Gasteiger partial charge in [0, 0.05) is 5.69 Å². The Morgan fingerprint density at radius 3 is 2.67 bits per heavy atom. The van der Waals surface area contributed by atoms with Crippen molar-refractivity contribution in [1.82, 2.24) is 0 Å². The van der Waals surface area contributed by atoms with Crippen molar-refractivity contribution in [2.45, 2.75) is 52.6 Å². The summed E-state index contributed by atoms with van der Waals surface area (Å²) in [7, 11) is 0. The molecule has 1 unspecified atom stereocenters. The monoisotopic (exact) mass is 323 g/mol. The van der Waals surface area contributed by atoms with Crippen molar-refractivity contribution in [3.05, 3.63) is 58.7 Å². The van der Waals surface area contributed by atoms with Crippen LogP contribution in [-0.2, 0) is 17.6 Å². The first-order valence-corrected chi connectivity index (χ1v) is 8.70. The van der Waals surface area contributed by atoms with Gasteiger partial charge in [0.25, 0.3) is 5.91 Å². The molecule has 126 valence electrons. The SMILES string of the molecule is Cc1ccc(NC(=O)C(C)Oc2cccc3c2CCCC3)cc1C. The minimum atomic E-state index is -0.528. The molecule has 1 atom stereocenters. The summed E-state index contributed by atoms with van der Waals surface area (Å²) < 4.78 is 5.99. The maximum atomic E-state index is 12.4. The first-order valence-electron chi connectivity index (χ1n) is 8.70. The van der Waals surface area contributed by atoms with Crippen molar-refractivity contribution >= 4 is 11.6 Å². The highest BCUT2D eigenvalue weighted by Gasteiger charge is 2.19. The number of anilines is 1. The van der Waals surface area contributed by atoms with Gasteiger partial charge in [0.2, 0.25) is 0 Å². The van der Waals surface area contributed by atoms with Crippen molar-refractivity contribution in [3.63, 3.8) is 0 Å². The van der Waals surface area contributed by atoms with Gasteiger partial charge in [-0.25, -0.2) is 0 Å². The zero-order chi connectivity index (χ0) is 17.1. The average molecular weight is 323 g/mol. The van der Waals surface area contributed by atoms with Gasteiger partial charge < -0.3 is 10.1 Å². The molecule has 3 heteroatoms. The van der Waals surface area contributed by atoms with E-state index in [-0.39, 0.29) is 5.91 Å². The first kappa shape index (κ1) is 16.6. The molecule has 0 spiro atoms. The van der Waals surface area contributed by atoms with Crippen LogP contribution < -0.4 is 10.1 Å². The normalized spacial score (nSPS) is 14.6. The average Bonchev–Trinajstić information content (AvgIpc) is 2.58. The van der Waals surface area contributed by atoms with Gasteiger partial charge in [-0.1, -0.05) is 18.2 Å². The molecule has 0 fully saturated rings. The predicted octanol–water partition coefficient (Wildman–Crippen LogP) is 4.59. The van der Waals surface area contributed by atoms with Crippen molar-refractivity contribution in [2.24, 2.45) is 0 Å². The fourth-order valence-electron chi connectivity index (χ4n) is 3.16. The van der Waals surface area contributed by atoms with Gasteiger partial charge in [-0.3, -0.25) is 4.79 Å². The Hall–Kier alpha value is -2.29. The standard InChI is InChI=1S/C21H25NO2/c1-14-11-12-18(13-15(14)2)22-21(23)16(3)24-20-10-6-8-17-7-4-5-9-19(17)20/h6,8,10-13,16H,4-5,7,9H2,1-3H3,(H,22,23). The Balaban J connectivity index is 1.69. The number of carbonyl (C=O) groups excluding carboxylic acids is 1. The van der Waals surface area contributed by atoms with E-state index >= 15 is 0 Å². The summed E-state index contributed by atoms with van der Waals surface area (Å²) in [6.45, 7) is 5.91. The van der Waals surface area contributed by atoms with Crippen LogP contribution >= 0.6 is 0 Å². The molecule has 0 aromatic heterocycles. The lowest BCUT2D eigenvalue weighted by atomic mass is 9.91. The van der Waals surface area contributed by atoms with Gasteiger partial charge in [-0.2, -0.15) is 0 Å². The second-order valence-electron chi connectivity index (χ2n) is 6.65. The number of carbonyl (C=O) groups is 1. The van der Waals surface area contributed by atoms with E-state index in [9.17, 15) is 4.79 Å². The molecule has 0 saturated heterocycles. The highest BCUT2D eigenvalue weighted by molar-refractivity contribution is 5.94. The summed E-state index contributed by atoms with van der Waals surface area (Å²) in [5.41, 5.74) is 5.83. The molecule has 3 nitrogen and oxygen atoms in total. The van der Waals surface area contributed by atoms with Gasteiger partial charge >= 0.3 is 0 Å². The maximum absolute atomic E-state index is 12.4. The number of ether oxygens (including phenoxy) is 1. The quantitative estimate of drug-likeness (QED) is 0.894. The number of nitrogens with one attached hydrogen (secondary N) is 1. The Labute approximate surface area is 144 Å². The summed E-state index contributed by atoms with van der Waals surface area (Å²) in [5.74, 6) is 0.738. The maximum Gasteiger partial charge on any atom is 0.265 e. The van der Waals surface area contributed by atoms with Gasteiger partial charge in [0.15, 0.2) is 6.10 Å². The van der Waals surface area contributed by atoms with Crippen LogP contribution in [0.15, 0.2) is 36.4 Å². The molecule has 1 aliphatic rings. The number of hydrogen-bond acceptors (Lipinski definition) is 2. The van der Waals surface area contributed by atoms with E-state index in [4.69, 9.17) is 4.74 Å². The lowest BCUT2D eigenvalue weighted by molar-refractivity contribution is -0.122. The van der Waals surface area contributed by atoms with Crippen LogP contribution in [0, 0.1) is 13.8 Å². The van der Waals surface area contributed by atoms with Gasteiger partial charge in [0.05, 0.1) is 0 Å². The molecule has 0 heterocycles. The van der Waals surface area contributed by atoms with Crippen LogP contribution in [0.1, 0.15) is 42.0 Å². The molecule has 1 aliphatic carbocycles. The molecule has 1 N–H and O–H groups in total. The van der Waals surface area contributed by atoms with Crippen molar-refractivity contribution in [2.75, 3.05) is 5.32 Å². The molecule has 1 amide bonds. The molecule has 0 bridgehead atoms. The van der Waals surface area contributed by atoms with Crippen LogP contribution in [0.3, 0.4) is 0 Å². The van der Waals surface area contributed by atoms with E-state index < -0.39 is 6.10 Å². The van der Waals surface area contributed by atoms with E-state index in [0.717, 1.165) is 24.3 Å². The number of aryl methyl sites for hydroxylation is 3. The lowest BCUT2D eigenvalue weighted by Gasteiger charge is -2.22. The number of rotatable bonds is 4. The number of hydrogen-bond donors (Lipinski definition) is 1. The van der Waals surface area contributed by atoms with Gasteiger partial charge in [-0.15, -0.1) is 0 Å². The third kappa shape index (κ3) is 3.61. The lowest BCUT2D eigenvalue weighted by Crippen LogP contribution is -2.30. The summed E-state index contributed by atoms with van der Waals surface area (Å²) in [6, 6.07) is 12.1. The first-order chi connectivity index (χ1) is 11.5. The molecule has 0 radical (unpaired) electrons. The molecule has 3 rings (SSSR count). The van der Waals surface area contributed by atoms with Gasteiger partial charge in [0.1, 0.15) is 5.75 Å². The number of fused-ring (bicyclic) bond motifs is 1. The van der Waals surface area contributed by atoms with E-state index in [1.165, 1.54) is 35.1 Å². The number of benzene rings is 2. The third-order valence-corrected chi connectivity index (χ3v) is 4.80. The Kier molecular flexibility index (Phi) is 4.89. The summed E-state index contributed by atoms with van der Waals surface area (Å²) in [5, 5.41) is 2.95. The zero-order valence-electron chi connectivity index (χ0n) is 14.7. The molecule has 24 heavy (non-hydrogen) atoms. The topological polar surface area (TPSA) is 38.3 Å². The fourth-order valence-corrected chi connectivity index (χ4v) is 3.16. The largest absolute Gasteiger partial charge is 0.481 e. The second-order valence-corrected chi connectivity index (χ2v) is 6.65. The van der Waals surface area contributed by atoms with Gasteiger partial charge in [-0.05, 0) is 86.9 Å². The van der Waals surface area contributed by atoms with E-state index in [2.05, 4.69) is 18.3 Å². The Morgan fingerprint density at radius 2 is 1.88 bits per heavy atom. The van der Waals surface area contributed by atoms with E-state index in [1.807, 2.05) is 37.3 Å². The Bertz CT molecular complexity index is 751. The third-order valence-electron chi connectivity index (χ3n) is 4.80. The molecule has 0 aliphatic heterocycles. The minimum absolute atomic E-state index is 0.119. The van der Waals surface area contributed by atoms with Crippen molar-refractivity contribution < 1.29 is 9.53 Å². The minimum Gasteiger partial charge on any atom is -0.481 e. The Morgan fingerprint density at radius 1 is 1.08 bits per heavy atom. The highest BCUT2D eigenvalue weighted by Crippen LogP contribution is 2.30. The van der Waals surface area contributed by atoms with Crippen LogP contribution in [0.5, 0.6) is 5.75 Å². The molecular formula is C21H25NO2. The molecule has 2 aromatic rings. The predicted molar refractivity (Wildman–Crippen MR) is 97.7 cm³/mol. The summed E-state index contributed by atoms with van der Waals surface area (Å²) >= 11 is 0. The number of amides is 1. The van der Waals surface area contributed by atoms with Crippen molar-refractivity contribution in [3.8, 4) is 5.75 Å². The second kappa shape index (κ2) is 7.08.